The maximum Gasteiger partial charge on any atom is 0.259 e. The number of unbranched alkanes of at least 4 members (excludes halogenated alkanes) is 3. The normalized spacial score (nSPS) is 10.6. The lowest BCUT2D eigenvalue weighted by molar-refractivity contribution is -0.118. The van der Waals surface area contributed by atoms with E-state index in [0.29, 0.717) is 29.3 Å². The average molecular weight is 383 g/mol. The van der Waals surface area contributed by atoms with Crippen LogP contribution in [0.5, 0.6) is 5.75 Å². The molecule has 2 aromatic rings. The van der Waals surface area contributed by atoms with Crippen molar-refractivity contribution in [1.82, 2.24) is 0 Å². The van der Waals surface area contributed by atoms with Gasteiger partial charge in [-0.3, -0.25) is 9.59 Å². The molecule has 28 heavy (non-hydrogen) atoms. The maximum atomic E-state index is 12.7. The smallest absolute Gasteiger partial charge is 0.259 e. The molecule has 0 aliphatic rings. The summed E-state index contributed by atoms with van der Waals surface area (Å²) in [6, 6.07) is 14.3. The van der Waals surface area contributed by atoms with Crippen molar-refractivity contribution in [3.05, 3.63) is 54.1 Å². The molecule has 0 spiro atoms. The van der Waals surface area contributed by atoms with Crippen LogP contribution in [0.4, 0.5) is 11.4 Å². The molecule has 0 aromatic heterocycles. The summed E-state index contributed by atoms with van der Waals surface area (Å²) in [6.07, 6.45) is 4.48. The van der Waals surface area contributed by atoms with Gasteiger partial charge in [-0.05, 0) is 42.8 Å². The van der Waals surface area contributed by atoms with Crippen molar-refractivity contribution in [2.45, 2.75) is 46.5 Å². The van der Waals surface area contributed by atoms with E-state index in [2.05, 4.69) is 17.6 Å². The SMILES string of the molecule is CCCCCCOc1ccccc1C(=O)Nc1ccc(NC(=O)C(C)C)cc1. The van der Waals surface area contributed by atoms with Crippen molar-refractivity contribution < 1.29 is 14.3 Å². The third-order valence-corrected chi connectivity index (χ3v) is 4.32. The third kappa shape index (κ3) is 6.72. The number of para-hydroxylation sites is 1. The fourth-order valence-corrected chi connectivity index (χ4v) is 2.61. The summed E-state index contributed by atoms with van der Waals surface area (Å²) in [7, 11) is 0. The Morgan fingerprint density at radius 3 is 2.18 bits per heavy atom. The lowest BCUT2D eigenvalue weighted by Crippen LogP contribution is -2.17. The first kappa shape index (κ1) is 21.5. The minimum atomic E-state index is -0.219. The first-order chi connectivity index (χ1) is 13.5. The van der Waals surface area contributed by atoms with Gasteiger partial charge in [0.1, 0.15) is 5.75 Å². The summed E-state index contributed by atoms with van der Waals surface area (Å²) in [4.78, 5) is 24.4. The second kappa shape index (κ2) is 11.1. The maximum absolute atomic E-state index is 12.7. The number of benzene rings is 2. The number of nitrogens with one attached hydrogen (secondary N) is 2. The molecule has 0 aliphatic carbocycles. The summed E-state index contributed by atoms with van der Waals surface area (Å²) in [5, 5.41) is 5.71. The summed E-state index contributed by atoms with van der Waals surface area (Å²) in [6.45, 7) is 6.46. The summed E-state index contributed by atoms with van der Waals surface area (Å²) >= 11 is 0. The van der Waals surface area contributed by atoms with Gasteiger partial charge in [0.2, 0.25) is 5.91 Å². The molecule has 0 atom stereocenters. The fourth-order valence-electron chi connectivity index (χ4n) is 2.61. The van der Waals surface area contributed by atoms with E-state index in [1.807, 2.05) is 32.0 Å². The number of carbonyl (C=O) groups excluding carboxylic acids is 2. The van der Waals surface area contributed by atoms with E-state index in [1.54, 1.807) is 30.3 Å². The van der Waals surface area contributed by atoms with E-state index in [-0.39, 0.29) is 17.7 Å². The first-order valence-electron chi connectivity index (χ1n) is 9.95. The summed E-state index contributed by atoms with van der Waals surface area (Å²) < 4.78 is 5.82. The molecule has 0 aliphatic heterocycles. The van der Waals surface area contributed by atoms with Gasteiger partial charge < -0.3 is 15.4 Å². The van der Waals surface area contributed by atoms with E-state index in [9.17, 15) is 9.59 Å². The van der Waals surface area contributed by atoms with Crippen LogP contribution in [-0.2, 0) is 4.79 Å². The van der Waals surface area contributed by atoms with Crippen LogP contribution in [-0.4, -0.2) is 18.4 Å². The van der Waals surface area contributed by atoms with Gasteiger partial charge in [-0.2, -0.15) is 0 Å². The van der Waals surface area contributed by atoms with Gasteiger partial charge in [-0.1, -0.05) is 52.2 Å². The average Bonchev–Trinajstić information content (AvgIpc) is 2.69. The van der Waals surface area contributed by atoms with Gasteiger partial charge in [-0.25, -0.2) is 0 Å². The minimum Gasteiger partial charge on any atom is -0.493 e. The van der Waals surface area contributed by atoms with Crippen LogP contribution >= 0.6 is 0 Å². The molecular weight excluding hydrogens is 352 g/mol. The molecule has 0 bridgehead atoms. The standard InChI is InChI=1S/C23H30N2O3/c1-4-5-6-9-16-28-21-11-8-7-10-20(21)23(27)25-19-14-12-18(13-15-19)24-22(26)17(2)3/h7-8,10-15,17H,4-6,9,16H2,1-3H3,(H,24,26)(H,25,27). The van der Waals surface area contributed by atoms with Gasteiger partial charge in [0.15, 0.2) is 0 Å². The van der Waals surface area contributed by atoms with Crippen LogP contribution < -0.4 is 15.4 Å². The van der Waals surface area contributed by atoms with Crippen LogP contribution in [0.1, 0.15) is 56.8 Å². The lowest BCUT2D eigenvalue weighted by Gasteiger charge is -2.12. The van der Waals surface area contributed by atoms with Crippen LogP contribution in [0.15, 0.2) is 48.5 Å². The van der Waals surface area contributed by atoms with Crippen molar-refractivity contribution in [2.24, 2.45) is 5.92 Å². The topological polar surface area (TPSA) is 67.4 Å². The van der Waals surface area contributed by atoms with Gasteiger partial charge >= 0.3 is 0 Å². The van der Waals surface area contributed by atoms with E-state index < -0.39 is 0 Å². The zero-order chi connectivity index (χ0) is 20.4. The highest BCUT2D eigenvalue weighted by molar-refractivity contribution is 6.06. The van der Waals surface area contributed by atoms with E-state index in [4.69, 9.17) is 4.74 Å². The van der Waals surface area contributed by atoms with Crippen molar-refractivity contribution in [2.75, 3.05) is 17.2 Å². The molecule has 0 saturated carbocycles. The van der Waals surface area contributed by atoms with Crippen molar-refractivity contribution in [3.63, 3.8) is 0 Å². The molecule has 0 heterocycles. The zero-order valence-electron chi connectivity index (χ0n) is 17.0. The molecular formula is C23H30N2O3. The Hall–Kier alpha value is -2.82. The number of carbonyl (C=O) groups is 2. The molecule has 0 fully saturated rings. The quantitative estimate of drug-likeness (QED) is 0.534. The molecule has 2 N–H and O–H groups in total. The first-order valence-corrected chi connectivity index (χ1v) is 9.95. The Kier molecular flexibility index (Phi) is 8.53. The largest absolute Gasteiger partial charge is 0.493 e. The fraction of sp³-hybridized carbons (Fsp3) is 0.391. The van der Waals surface area contributed by atoms with Crippen molar-refractivity contribution in [1.29, 1.82) is 0 Å². The Balaban J connectivity index is 1.96. The molecule has 0 radical (unpaired) electrons. The summed E-state index contributed by atoms with van der Waals surface area (Å²) in [5.74, 6) is 0.250. The second-order valence-corrected chi connectivity index (χ2v) is 7.08. The molecule has 2 amide bonds. The molecule has 5 nitrogen and oxygen atoms in total. The van der Waals surface area contributed by atoms with Gasteiger partial charge in [0.05, 0.1) is 12.2 Å². The minimum absolute atomic E-state index is 0.0400. The number of rotatable bonds is 10. The number of hydrogen-bond acceptors (Lipinski definition) is 3. The number of hydrogen-bond donors (Lipinski definition) is 2. The Labute approximate surface area is 167 Å². The van der Waals surface area contributed by atoms with Crippen LogP contribution in [0.25, 0.3) is 0 Å². The number of ether oxygens (including phenoxy) is 1. The molecule has 150 valence electrons. The molecule has 2 rings (SSSR count). The van der Waals surface area contributed by atoms with Crippen LogP contribution in [0, 0.1) is 5.92 Å². The van der Waals surface area contributed by atoms with E-state index in [0.717, 1.165) is 12.8 Å². The third-order valence-electron chi connectivity index (χ3n) is 4.32. The molecule has 0 unspecified atom stereocenters. The Bertz CT molecular complexity index is 770. The predicted octanol–water partition coefficient (Wildman–Crippen LogP) is 5.49. The molecule has 0 saturated heterocycles. The number of amides is 2. The monoisotopic (exact) mass is 382 g/mol. The Morgan fingerprint density at radius 1 is 0.893 bits per heavy atom. The predicted molar refractivity (Wildman–Crippen MR) is 114 cm³/mol. The van der Waals surface area contributed by atoms with Crippen molar-refractivity contribution >= 4 is 23.2 Å². The highest BCUT2D eigenvalue weighted by Crippen LogP contribution is 2.21. The Morgan fingerprint density at radius 2 is 1.54 bits per heavy atom. The molecule has 2 aromatic carbocycles. The van der Waals surface area contributed by atoms with Gasteiger partial charge in [-0.15, -0.1) is 0 Å². The van der Waals surface area contributed by atoms with Crippen LogP contribution in [0.3, 0.4) is 0 Å². The van der Waals surface area contributed by atoms with Crippen LogP contribution in [0.2, 0.25) is 0 Å². The van der Waals surface area contributed by atoms with Gasteiger partial charge in [0.25, 0.3) is 5.91 Å². The highest BCUT2D eigenvalue weighted by atomic mass is 16.5. The number of anilines is 2. The second-order valence-electron chi connectivity index (χ2n) is 7.08. The molecule has 5 heteroatoms. The van der Waals surface area contributed by atoms with E-state index in [1.165, 1.54) is 12.8 Å². The van der Waals surface area contributed by atoms with Gasteiger partial charge in [0, 0.05) is 17.3 Å². The summed E-state index contributed by atoms with van der Waals surface area (Å²) in [5.41, 5.74) is 1.87. The van der Waals surface area contributed by atoms with E-state index >= 15 is 0 Å². The lowest BCUT2D eigenvalue weighted by atomic mass is 10.1. The zero-order valence-corrected chi connectivity index (χ0v) is 17.0. The van der Waals surface area contributed by atoms with Crippen molar-refractivity contribution in [3.8, 4) is 5.75 Å². The highest BCUT2D eigenvalue weighted by Gasteiger charge is 2.13.